The standard InChI is InChI=1S/C27H32N4O4/c1-18-8-9-22(19(2)16-18)24(32)30-13-10-20(11-14-30)27(23-7-3-4-12-28-23)25(33)31(26(34)29-27)17-21-6-5-15-35-21/h3-4,7-9,12,16,20-21H,5-6,10-11,13-15,17H2,1-2H3,(H,29,34)/t21-,27-/m1/s1. The van der Waals surface area contributed by atoms with Crippen molar-refractivity contribution in [3.63, 3.8) is 0 Å². The monoisotopic (exact) mass is 476 g/mol. The van der Waals surface area contributed by atoms with E-state index in [-0.39, 0.29) is 30.4 Å². The van der Waals surface area contributed by atoms with Crippen molar-refractivity contribution in [3.05, 3.63) is 65.0 Å². The molecule has 4 amide bonds. The number of benzene rings is 1. The smallest absolute Gasteiger partial charge is 0.325 e. The first kappa shape index (κ1) is 23.5. The number of rotatable bonds is 5. The van der Waals surface area contributed by atoms with Crippen molar-refractivity contribution in [2.24, 2.45) is 5.92 Å². The van der Waals surface area contributed by atoms with Gasteiger partial charge in [-0.15, -0.1) is 0 Å². The lowest BCUT2D eigenvalue weighted by Crippen LogP contribution is -2.54. The van der Waals surface area contributed by atoms with Gasteiger partial charge in [-0.05, 0) is 63.3 Å². The summed E-state index contributed by atoms with van der Waals surface area (Å²) in [6, 6.07) is 10.9. The van der Waals surface area contributed by atoms with Crippen LogP contribution in [0.15, 0.2) is 42.6 Å². The van der Waals surface area contributed by atoms with E-state index < -0.39 is 11.6 Å². The van der Waals surface area contributed by atoms with Crippen molar-refractivity contribution in [3.8, 4) is 0 Å². The van der Waals surface area contributed by atoms with Crippen molar-refractivity contribution >= 4 is 17.8 Å². The molecule has 1 aromatic carbocycles. The van der Waals surface area contributed by atoms with E-state index in [0.717, 1.165) is 24.0 Å². The van der Waals surface area contributed by atoms with E-state index in [2.05, 4.69) is 10.3 Å². The van der Waals surface area contributed by atoms with Crippen LogP contribution >= 0.6 is 0 Å². The molecule has 3 fully saturated rings. The maximum atomic E-state index is 13.9. The van der Waals surface area contributed by atoms with Gasteiger partial charge in [0.2, 0.25) is 0 Å². The molecule has 5 rings (SSSR count). The summed E-state index contributed by atoms with van der Waals surface area (Å²) in [7, 11) is 0. The lowest BCUT2D eigenvalue weighted by Gasteiger charge is -2.40. The molecule has 8 heteroatoms. The SMILES string of the molecule is Cc1ccc(C(=O)N2CCC([C@]3(c4ccccn4)NC(=O)N(C[C@H]4CCCO4)C3=O)CC2)c(C)c1. The summed E-state index contributed by atoms with van der Waals surface area (Å²) in [6.07, 6.45) is 4.48. The van der Waals surface area contributed by atoms with Gasteiger partial charge in [0, 0.05) is 37.4 Å². The Morgan fingerprint density at radius 1 is 1.14 bits per heavy atom. The summed E-state index contributed by atoms with van der Waals surface area (Å²) in [6.45, 7) is 5.91. The van der Waals surface area contributed by atoms with Gasteiger partial charge >= 0.3 is 6.03 Å². The number of aryl methyl sites for hydroxylation is 2. The summed E-state index contributed by atoms with van der Waals surface area (Å²) >= 11 is 0. The third kappa shape index (κ3) is 4.20. The number of imide groups is 1. The van der Waals surface area contributed by atoms with Crippen LogP contribution in [0.2, 0.25) is 0 Å². The van der Waals surface area contributed by atoms with Crippen molar-refractivity contribution < 1.29 is 19.1 Å². The molecule has 2 atom stereocenters. The van der Waals surface area contributed by atoms with E-state index in [1.165, 1.54) is 4.90 Å². The number of carbonyl (C=O) groups excluding carboxylic acids is 3. The highest BCUT2D eigenvalue weighted by molar-refractivity contribution is 6.07. The van der Waals surface area contributed by atoms with Crippen LogP contribution in [0, 0.1) is 19.8 Å². The number of aromatic nitrogens is 1. The molecule has 0 unspecified atom stereocenters. The van der Waals surface area contributed by atoms with E-state index in [4.69, 9.17) is 4.74 Å². The molecule has 0 radical (unpaired) electrons. The van der Waals surface area contributed by atoms with Crippen LogP contribution in [0.4, 0.5) is 4.79 Å². The summed E-state index contributed by atoms with van der Waals surface area (Å²) < 4.78 is 5.70. The Kier molecular flexibility index (Phi) is 6.32. The number of urea groups is 1. The first-order chi connectivity index (χ1) is 16.9. The zero-order chi connectivity index (χ0) is 24.6. The molecule has 35 heavy (non-hydrogen) atoms. The fourth-order valence-electron chi connectivity index (χ4n) is 5.75. The van der Waals surface area contributed by atoms with Gasteiger partial charge in [-0.1, -0.05) is 23.8 Å². The van der Waals surface area contributed by atoms with Crippen LogP contribution in [-0.2, 0) is 15.1 Å². The predicted octanol–water partition coefficient (Wildman–Crippen LogP) is 3.18. The van der Waals surface area contributed by atoms with E-state index >= 15 is 0 Å². The molecule has 0 bridgehead atoms. The lowest BCUT2D eigenvalue weighted by atomic mass is 9.75. The van der Waals surface area contributed by atoms with Crippen LogP contribution in [-0.4, -0.2) is 65.0 Å². The minimum Gasteiger partial charge on any atom is -0.376 e. The van der Waals surface area contributed by atoms with Crippen molar-refractivity contribution in [1.29, 1.82) is 0 Å². The van der Waals surface area contributed by atoms with Gasteiger partial charge in [0.15, 0.2) is 5.54 Å². The van der Waals surface area contributed by atoms with E-state index in [0.29, 0.717) is 43.8 Å². The molecule has 184 valence electrons. The van der Waals surface area contributed by atoms with Crippen molar-refractivity contribution in [2.45, 2.75) is 51.2 Å². The Morgan fingerprint density at radius 2 is 1.94 bits per heavy atom. The molecular formula is C27H32N4O4. The number of ether oxygens (including phenoxy) is 1. The Labute approximate surface area is 205 Å². The number of nitrogens with one attached hydrogen (secondary N) is 1. The number of likely N-dealkylation sites (tertiary alicyclic amines) is 1. The Balaban J connectivity index is 1.38. The fraction of sp³-hybridized carbons (Fsp3) is 0.481. The molecule has 4 heterocycles. The quantitative estimate of drug-likeness (QED) is 0.670. The van der Waals surface area contributed by atoms with Crippen LogP contribution in [0.3, 0.4) is 0 Å². The molecule has 0 saturated carbocycles. The molecule has 2 aromatic rings. The molecule has 1 N–H and O–H groups in total. The summed E-state index contributed by atoms with van der Waals surface area (Å²) in [5, 5.41) is 3.03. The third-order valence-corrected chi connectivity index (χ3v) is 7.62. The highest BCUT2D eigenvalue weighted by Gasteiger charge is 2.58. The molecule has 1 aromatic heterocycles. The largest absolute Gasteiger partial charge is 0.376 e. The second-order valence-corrected chi connectivity index (χ2v) is 9.89. The maximum absolute atomic E-state index is 13.9. The Morgan fingerprint density at radius 3 is 2.60 bits per heavy atom. The predicted molar refractivity (Wildman–Crippen MR) is 130 cm³/mol. The van der Waals surface area contributed by atoms with Crippen molar-refractivity contribution in [2.75, 3.05) is 26.2 Å². The number of piperidine rings is 1. The van der Waals surface area contributed by atoms with E-state index in [9.17, 15) is 14.4 Å². The average Bonchev–Trinajstić information content (AvgIpc) is 3.47. The van der Waals surface area contributed by atoms with Crippen molar-refractivity contribution in [1.82, 2.24) is 20.1 Å². The molecule has 0 spiro atoms. The Bertz CT molecular complexity index is 1120. The number of amides is 4. The van der Waals surface area contributed by atoms with Gasteiger partial charge in [-0.3, -0.25) is 19.5 Å². The van der Waals surface area contributed by atoms with Gasteiger partial charge in [0.25, 0.3) is 11.8 Å². The normalized spacial score (nSPS) is 25.3. The number of nitrogens with zero attached hydrogens (tertiary/aromatic N) is 3. The van der Waals surface area contributed by atoms with Crippen LogP contribution < -0.4 is 5.32 Å². The second kappa shape index (κ2) is 9.41. The van der Waals surface area contributed by atoms with Gasteiger partial charge in [0.1, 0.15) is 0 Å². The van der Waals surface area contributed by atoms with Crippen LogP contribution in [0.1, 0.15) is 52.9 Å². The molecular weight excluding hydrogens is 444 g/mol. The first-order valence-electron chi connectivity index (χ1n) is 12.4. The number of pyridine rings is 1. The zero-order valence-electron chi connectivity index (χ0n) is 20.3. The number of carbonyl (C=O) groups is 3. The topological polar surface area (TPSA) is 91.8 Å². The third-order valence-electron chi connectivity index (χ3n) is 7.62. The highest BCUT2D eigenvalue weighted by atomic mass is 16.5. The average molecular weight is 477 g/mol. The molecule has 0 aliphatic carbocycles. The van der Waals surface area contributed by atoms with E-state index in [1.807, 2.05) is 43.0 Å². The second-order valence-electron chi connectivity index (χ2n) is 9.89. The first-order valence-corrected chi connectivity index (χ1v) is 12.4. The molecule has 3 saturated heterocycles. The Hall–Kier alpha value is -3.26. The van der Waals surface area contributed by atoms with Gasteiger partial charge in [-0.2, -0.15) is 0 Å². The van der Waals surface area contributed by atoms with Gasteiger partial charge < -0.3 is 15.0 Å². The van der Waals surface area contributed by atoms with Crippen LogP contribution in [0.25, 0.3) is 0 Å². The fourth-order valence-corrected chi connectivity index (χ4v) is 5.75. The molecule has 3 aliphatic rings. The van der Waals surface area contributed by atoms with E-state index in [1.54, 1.807) is 18.3 Å². The molecule has 3 aliphatic heterocycles. The minimum absolute atomic E-state index is 0.00892. The van der Waals surface area contributed by atoms with Gasteiger partial charge in [-0.25, -0.2) is 4.79 Å². The zero-order valence-corrected chi connectivity index (χ0v) is 20.3. The number of hydrogen-bond donors (Lipinski definition) is 1. The highest BCUT2D eigenvalue weighted by Crippen LogP contribution is 2.41. The maximum Gasteiger partial charge on any atom is 0.325 e. The van der Waals surface area contributed by atoms with Gasteiger partial charge in [0.05, 0.1) is 18.3 Å². The summed E-state index contributed by atoms with van der Waals surface area (Å²) in [5.74, 6) is -0.433. The lowest BCUT2D eigenvalue weighted by molar-refractivity contribution is -0.135. The number of hydrogen-bond acceptors (Lipinski definition) is 5. The van der Waals surface area contributed by atoms with Crippen LogP contribution in [0.5, 0.6) is 0 Å². The molecule has 8 nitrogen and oxygen atoms in total. The summed E-state index contributed by atoms with van der Waals surface area (Å²) in [5.41, 5.74) is 2.11. The summed E-state index contributed by atoms with van der Waals surface area (Å²) in [4.78, 5) is 47.9. The minimum atomic E-state index is -1.23.